The van der Waals surface area contributed by atoms with Crippen LogP contribution in [0.25, 0.3) is 0 Å². The third-order valence-electron chi connectivity index (χ3n) is 7.40. The van der Waals surface area contributed by atoms with Crippen LogP contribution in [0.1, 0.15) is 98.3 Å². The Balaban J connectivity index is 1.61. The Labute approximate surface area is 202 Å². The highest BCUT2D eigenvalue weighted by atomic mass is 16.5. The highest BCUT2D eigenvalue weighted by Crippen LogP contribution is 2.32. The summed E-state index contributed by atoms with van der Waals surface area (Å²) >= 11 is 0. The SMILES string of the molecule is COC(C)(C)CCCCC1=CC=C(CCCC2=CC=C(CCCCC(C)(C)CO)C2O)C1O. The molecule has 0 aliphatic heterocycles. The van der Waals surface area contributed by atoms with Crippen molar-refractivity contribution in [2.75, 3.05) is 13.7 Å². The molecule has 33 heavy (non-hydrogen) atoms. The van der Waals surface area contributed by atoms with Crippen molar-refractivity contribution in [3.05, 3.63) is 46.6 Å². The second kappa shape index (κ2) is 13.0. The number of aliphatic hydroxyl groups excluding tert-OH is 3. The van der Waals surface area contributed by atoms with Crippen molar-refractivity contribution >= 4 is 0 Å². The zero-order valence-corrected chi connectivity index (χ0v) is 21.7. The minimum atomic E-state index is -0.441. The fourth-order valence-electron chi connectivity index (χ4n) is 4.64. The van der Waals surface area contributed by atoms with Crippen LogP contribution in [0.2, 0.25) is 0 Å². The molecule has 0 aromatic carbocycles. The summed E-state index contributed by atoms with van der Waals surface area (Å²) in [5.74, 6) is 0. The minimum Gasteiger partial charge on any atom is -0.396 e. The summed E-state index contributed by atoms with van der Waals surface area (Å²) in [6.45, 7) is 8.64. The summed E-state index contributed by atoms with van der Waals surface area (Å²) in [6, 6.07) is 0. The van der Waals surface area contributed by atoms with Crippen molar-refractivity contribution in [1.82, 2.24) is 0 Å². The third-order valence-corrected chi connectivity index (χ3v) is 7.40. The zero-order chi connectivity index (χ0) is 24.5. The first-order chi connectivity index (χ1) is 15.6. The summed E-state index contributed by atoms with van der Waals surface area (Å²) in [5.41, 5.74) is 4.37. The lowest BCUT2D eigenvalue weighted by molar-refractivity contribution is 0.0135. The molecule has 188 valence electrons. The maximum atomic E-state index is 10.7. The second-order valence-electron chi connectivity index (χ2n) is 11.3. The van der Waals surface area contributed by atoms with Crippen LogP contribution in [-0.2, 0) is 4.74 Å². The molecule has 4 nitrogen and oxygen atoms in total. The summed E-state index contributed by atoms with van der Waals surface area (Å²) in [4.78, 5) is 0. The molecular formula is C29H48O4. The Morgan fingerprint density at radius 3 is 1.45 bits per heavy atom. The van der Waals surface area contributed by atoms with Crippen LogP contribution < -0.4 is 0 Å². The van der Waals surface area contributed by atoms with E-state index in [1.165, 1.54) is 0 Å². The average molecular weight is 461 g/mol. The quantitative estimate of drug-likeness (QED) is 0.241. The van der Waals surface area contributed by atoms with Gasteiger partial charge >= 0.3 is 0 Å². The van der Waals surface area contributed by atoms with Crippen LogP contribution in [0.4, 0.5) is 0 Å². The number of allylic oxidation sites excluding steroid dienone is 4. The highest BCUT2D eigenvalue weighted by molar-refractivity contribution is 5.38. The predicted molar refractivity (Wildman–Crippen MR) is 137 cm³/mol. The van der Waals surface area contributed by atoms with Gasteiger partial charge in [0.25, 0.3) is 0 Å². The van der Waals surface area contributed by atoms with Crippen LogP contribution >= 0.6 is 0 Å². The number of hydrogen-bond acceptors (Lipinski definition) is 4. The fourth-order valence-corrected chi connectivity index (χ4v) is 4.64. The lowest BCUT2D eigenvalue weighted by Gasteiger charge is -2.22. The Morgan fingerprint density at radius 2 is 1.06 bits per heavy atom. The molecule has 0 amide bonds. The molecule has 2 rings (SSSR count). The van der Waals surface area contributed by atoms with Crippen molar-refractivity contribution in [2.45, 2.75) is 116 Å². The van der Waals surface area contributed by atoms with Gasteiger partial charge in [0.2, 0.25) is 0 Å². The van der Waals surface area contributed by atoms with Gasteiger partial charge in [-0.1, -0.05) is 51.0 Å². The maximum absolute atomic E-state index is 10.7. The summed E-state index contributed by atoms with van der Waals surface area (Å²) in [5, 5.41) is 30.7. The van der Waals surface area contributed by atoms with Crippen molar-refractivity contribution < 1.29 is 20.1 Å². The highest BCUT2D eigenvalue weighted by Gasteiger charge is 2.23. The van der Waals surface area contributed by atoms with E-state index in [9.17, 15) is 15.3 Å². The number of hydrogen-bond donors (Lipinski definition) is 3. The molecule has 0 saturated carbocycles. The standard InChI is InChI=1S/C29H48O4/c1-28(2,21-30)19-8-6-11-22-15-17-24(26(22)31)13-10-14-25-18-16-23(27(25)32)12-7-9-20-29(3,4)33-5/h15-18,26-27,30-32H,6-14,19-21H2,1-5H3. The molecule has 0 radical (unpaired) electrons. The molecule has 2 unspecified atom stereocenters. The van der Waals surface area contributed by atoms with E-state index in [0.29, 0.717) is 0 Å². The van der Waals surface area contributed by atoms with Gasteiger partial charge < -0.3 is 20.1 Å². The van der Waals surface area contributed by atoms with Gasteiger partial charge in [0.05, 0.1) is 17.8 Å². The number of ether oxygens (including phenoxy) is 1. The van der Waals surface area contributed by atoms with E-state index in [1.54, 1.807) is 7.11 Å². The van der Waals surface area contributed by atoms with E-state index < -0.39 is 12.2 Å². The molecule has 0 aromatic heterocycles. The van der Waals surface area contributed by atoms with Gasteiger partial charge in [-0.05, 0) is 99.3 Å². The van der Waals surface area contributed by atoms with Gasteiger partial charge in [-0.25, -0.2) is 0 Å². The largest absolute Gasteiger partial charge is 0.396 e. The van der Waals surface area contributed by atoms with Gasteiger partial charge in [0.15, 0.2) is 0 Å². The minimum absolute atomic E-state index is 0.0127. The van der Waals surface area contributed by atoms with Gasteiger partial charge in [-0.3, -0.25) is 0 Å². The van der Waals surface area contributed by atoms with Crippen molar-refractivity contribution in [3.8, 4) is 0 Å². The molecular weight excluding hydrogens is 412 g/mol. The smallest absolute Gasteiger partial charge is 0.0967 e. The topological polar surface area (TPSA) is 69.9 Å². The second-order valence-corrected chi connectivity index (χ2v) is 11.3. The molecule has 0 saturated heterocycles. The number of aliphatic hydroxyl groups is 3. The lowest BCUT2D eigenvalue weighted by Crippen LogP contribution is -2.21. The zero-order valence-electron chi connectivity index (χ0n) is 21.7. The van der Waals surface area contributed by atoms with Crippen LogP contribution in [0.5, 0.6) is 0 Å². The van der Waals surface area contributed by atoms with Crippen molar-refractivity contribution in [1.29, 1.82) is 0 Å². The first-order valence-corrected chi connectivity index (χ1v) is 12.9. The summed E-state index contributed by atoms with van der Waals surface area (Å²) in [6.07, 6.45) is 18.3. The van der Waals surface area contributed by atoms with Crippen LogP contribution in [0, 0.1) is 5.41 Å². The maximum Gasteiger partial charge on any atom is 0.0967 e. The monoisotopic (exact) mass is 460 g/mol. The Morgan fingerprint density at radius 1 is 0.667 bits per heavy atom. The fraction of sp³-hybridized carbons (Fsp3) is 0.724. The lowest BCUT2D eigenvalue weighted by atomic mass is 9.87. The molecule has 0 fully saturated rings. The normalized spacial score (nSPS) is 21.2. The summed E-state index contributed by atoms with van der Waals surface area (Å²) in [7, 11) is 1.76. The molecule has 0 bridgehead atoms. The Kier molecular flexibility index (Phi) is 11.1. The van der Waals surface area contributed by atoms with E-state index in [2.05, 4.69) is 52.0 Å². The first-order valence-electron chi connectivity index (χ1n) is 12.9. The predicted octanol–water partition coefficient (Wildman–Crippen LogP) is 6.18. The average Bonchev–Trinajstić information content (AvgIpc) is 3.31. The molecule has 2 aliphatic carbocycles. The van der Waals surface area contributed by atoms with E-state index in [0.717, 1.165) is 92.9 Å². The van der Waals surface area contributed by atoms with Crippen LogP contribution in [0.3, 0.4) is 0 Å². The van der Waals surface area contributed by atoms with Gasteiger partial charge in [0.1, 0.15) is 0 Å². The Bertz CT molecular complexity index is 677. The molecule has 2 aliphatic rings. The van der Waals surface area contributed by atoms with Crippen LogP contribution in [-0.4, -0.2) is 46.8 Å². The van der Waals surface area contributed by atoms with Crippen LogP contribution in [0.15, 0.2) is 46.6 Å². The van der Waals surface area contributed by atoms with Gasteiger partial charge in [-0.15, -0.1) is 0 Å². The molecule has 4 heteroatoms. The van der Waals surface area contributed by atoms with E-state index in [1.807, 2.05) is 0 Å². The molecule has 0 spiro atoms. The van der Waals surface area contributed by atoms with Crippen molar-refractivity contribution in [2.24, 2.45) is 5.41 Å². The molecule has 0 aromatic rings. The third kappa shape index (κ3) is 9.16. The van der Waals surface area contributed by atoms with E-state index in [-0.39, 0.29) is 17.6 Å². The Hall–Kier alpha value is -1.20. The number of methoxy groups -OCH3 is 1. The van der Waals surface area contributed by atoms with Crippen molar-refractivity contribution in [3.63, 3.8) is 0 Å². The number of rotatable bonds is 16. The number of unbranched alkanes of at least 4 members (excludes halogenated alkanes) is 2. The van der Waals surface area contributed by atoms with E-state index in [4.69, 9.17) is 4.74 Å². The molecule has 0 heterocycles. The molecule has 3 N–H and O–H groups in total. The molecule has 2 atom stereocenters. The van der Waals surface area contributed by atoms with E-state index >= 15 is 0 Å². The first kappa shape index (κ1) is 28.0. The van der Waals surface area contributed by atoms with Gasteiger partial charge in [-0.2, -0.15) is 0 Å². The summed E-state index contributed by atoms with van der Waals surface area (Å²) < 4.78 is 5.48. The van der Waals surface area contributed by atoms with Gasteiger partial charge in [0, 0.05) is 13.7 Å².